The van der Waals surface area contributed by atoms with Gasteiger partial charge in [-0.05, 0) is 45.8 Å². The molecule has 0 saturated carbocycles. The molecule has 5 nitrogen and oxygen atoms in total. The maximum atomic E-state index is 6.62. The molecule has 10 aromatic rings. The molecule has 0 saturated heterocycles. The van der Waals surface area contributed by atoms with Crippen molar-refractivity contribution in [3.05, 3.63) is 216 Å². The van der Waals surface area contributed by atoms with Crippen LogP contribution < -0.4 is 4.74 Å². The number of ether oxygens (including phenoxy) is 1. The zero-order valence-electron chi connectivity index (χ0n) is 31.2. The van der Waals surface area contributed by atoms with Crippen molar-refractivity contribution in [3.63, 3.8) is 0 Å². The number of para-hydroxylation sites is 2. The molecule has 1 aliphatic heterocycles. The molecule has 0 fully saturated rings. The fraction of sp³-hybridized carbons (Fsp3) is 0.0189. The second-order valence-corrected chi connectivity index (χ2v) is 14.9. The fourth-order valence-corrected chi connectivity index (χ4v) is 9.32. The van der Waals surface area contributed by atoms with Crippen molar-refractivity contribution < 1.29 is 4.74 Å². The van der Waals surface area contributed by atoms with E-state index in [1.165, 1.54) is 22.3 Å². The number of pyridine rings is 1. The second kappa shape index (κ2) is 12.6. The van der Waals surface area contributed by atoms with Gasteiger partial charge in [0.15, 0.2) is 17.5 Å². The summed E-state index contributed by atoms with van der Waals surface area (Å²) < 4.78 is 6.62. The highest BCUT2D eigenvalue weighted by Gasteiger charge is 2.51. The Morgan fingerprint density at radius 1 is 0.362 bits per heavy atom. The van der Waals surface area contributed by atoms with E-state index in [-0.39, 0.29) is 0 Å². The lowest BCUT2D eigenvalue weighted by atomic mass is 9.66. The van der Waals surface area contributed by atoms with Crippen LogP contribution in [0.25, 0.3) is 78.2 Å². The summed E-state index contributed by atoms with van der Waals surface area (Å²) in [5, 5.41) is 3.33. The summed E-state index contributed by atoms with van der Waals surface area (Å²) in [6, 6.07) is 67.7. The van der Waals surface area contributed by atoms with Gasteiger partial charge in [0.1, 0.15) is 11.5 Å². The number of nitrogens with zero attached hydrogens (tertiary/aromatic N) is 4. The third kappa shape index (κ3) is 4.71. The topological polar surface area (TPSA) is 60.8 Å². The van der Waals surface area contributed by atoms with E-state index in [2.05, 4.69) is 133 Å². The van der Waals surface area contributed by atoms with Crippen LogP contribution in [0.4, 0.5) is 0 Å². The summed E-state index contributed by atoms with van der Waals surface area (Å²) in [4.78, 5) is 20.6. The summed E-state index contributed by atoms with van der Waals surface area (Å²) in [7, 11) is 0. The van der Waals surface area contributed by atoms with E-state index in [0.29, 0.717) is 17.5 Å². The Kier molecular flexibility index (Phi) is 7.07. The van der Waals surface area contributed by atoms with E-state index in [0.717, 1.165) is 72.2 Å². The monoisotopic (exact) mass is 740 g/mol. The number of fused-ring (bicyclic) bond motifs is 13. The van der Waals surface area contributed by atoms with Crippen LogP contribution in [0.5, 0.6) is 11.5 Å². The van der Waals surface area contributed by atoms with Crippen molar-refractivity contribution in [3.8, 4) is 68.0 Å². The summed E-state index contributed by atoms with van der Waals surface area (Å²) in [6.45, 7) is 0. The molecule has 0 N–H and O–H groups in total. The molecule has 3 heterocycles. The number of rotatable bonds is 4. The summed E-state index contributed by atoms with van der Waals surface area (Å²) >= 11 is 0. The van der Waals surface area contributed by atoms with E-state index in [4.69, 9.17) is 24.7 Å². The normalized spacial score (nSPS) is 13.1. The smallest absolute Gasteiger partial charge is 0.164 e. The van der Waals surface area contributed by atoms with Crippen LogP contribution >= 0.6 is 0 Å². The predicted molar refractivity (Wildman–Crippen MR) is 232 cm³/mol. The predicted octanol–water partition coefficient (Wildman–Crippen LogP) is 12.7. The molecular weight excluding hydrogens is 709 g/mol. The molecular formula is C53H32N4O. The van der Waals surface area contributed by atoms with Crippen LogP contribution in [-0.4, -0.2) is 19.9 Å². The van der Waals surface area contributed by atoms with Crippen molar-refractivity contribution in [1.82, 2.24) is 19.9 Å². The minimum Gasteiger partial charge on any atom is -0.457 e. The molecule has 0 bridgehead atoms. The average Bonchev–Trinajstić information content (AvgIpc) is 3.60. The van der Waals surface area contributed by atoms with Gasteiger partial charge in [0.25, 0.3) is 0 Å². The molecule has 2 aliphatic rings. The minimum absolute atomic E-state index is 0.579. The van der Waals surface area contributed by atoms with E-state index < -0.39 is 5.41 Å². The van der Waals surface area contributed by atoms with Crippen LogP contribution in [0, 0.1) is 0 Å². The summed E-state index contributed by atoms with van der Waals surface area (Å²) in [5.74, 6) is 3.60. The molecule has 0 unspecified atom stereocenters. The van der Waals surface area contributed by atoms with Gasteiger partial charge in [-0.25, -0.2) is 19.9 Å². The highest BCUT2D eigenvalue weighted by Crippen LogP contribution is 2.63. The van der Waals surface area contributed by atoms with E-state index >= 15 is 0 Å². The Hall–Kier alpha value is -7.76. The molecule has 8 aromatic carbocycles. The first kappa shape index (κ1) is 32.5. The molecule has 5 heteroatoms. The number of hydrogen-bond donors (Lipinski definition) is 0. The van der Waals surface area contributed by atoms with E-state index in [9.17, 15) is 0 Å². The Bertz CT molecular complexity index is 3150. The fourth-order valence-electron chi connectivity index (χ4n) is 9.32. The number of aromatic nitrogens is 4. The minimum atomic E-state index is -0.579. The van der Waals surface area contributed by atoms with Gasteiger partial charge in [-0.1, -0.05) is 176 Å². The highest BCUT2D eigenvalue weighted by molar-refractivity contribution is 6.19. The zero-order valence-corrected chi connectivity index (χ0v) is 31.2. The molecule has 0 radical (unpaired) electrons. The third-order valence-corrected chi connectivity index (χ3v) is 11.8. The molecule has 0 amide bonds. The van der Waals surface area contributed by atoms with Gasteiger partial charge in [0, 0.05) is 44.2 Å². The van der Waals surface area contributed by atoms with Crippen LogP contribution in [0.1, 0.15) is 22.3 Å². The van der Waals surface area contributed by atoms with Crippen molar-refractivity contribution in [2.45, 2.75) is 5.41 Å². The van der Waals surface area contributed by atoms with Gasteiger partial charge < -0.3 is 4.74 Å². The van der Waals surface area contributed by atoms with Crippen LogP contribution in [0.3, 0.4) is 0 Å². The Labute approximate surface area is 335 Å². The van der Waals surface area contributed by atoms with Crippen LogP contribution in [-0.2, 0) is 5.41 Å². The van der Waals surface area contributed by atoms with Gasteiger partial charge >= 0.3 is 0 Å². The summed E-state index contributed by atoms with van der Waals surface area (Å²) in [5.41, 5.74) is 12.2. The molecule has 2 aromatic heterocycles. The maximum Gasteiger partial charge on any atom is 0.164 e. The second-order valence-electron chi connectivity index (χ2n) is 14.9. The van der Waals surface area contributed by atoms with E-state index in [1.54, 1.807) is 0 Å². The highest BCUT2D eigenvalue weighted by atomic mass is 16.5. The molecule has 58 heavy (non-hydrogen) atoms. The molecule has 0 atom stereocenters. The van der Waals surface area contributed by atoms with E-state index in [1.807, 2.05) is 60.7 Å². The largest absolute Gasteiger partial charge is 0.457 e. The average molecular weight is 741 g/mol. The quantitative estimate of drug-likeness (QED) is 0.168. The summed E-state index contributed by atoms with van der Waals surface area (Å²) in [6.07, 6.45) is 0. The number of hydrogen-bond acceptors (Lipinski definition) is 5. The molecule has 12 rings (SSSR count). The standard InChI is InChI=1S/C53H32N4O/c1-4-16-33(17-5-1)49-48-38(30-31-43-47(48)39-22-10-11-23-40(39)53(43)41-24-12-14-26-45(41)58-46-27-15-13-25-42(46)53)37-29-28-36(32-44(37)54-49)52-56-50(34-18-6-2-7-19-34)55-51(57-52)35-20-8-3-9-21-35/h1-32H. The zero-order chi connectivity index (χ0) is 38.2. The van der Waals surface area contributed by atoms with Gasteiger partial charge in [0.2, 0.25) is 0 Å². The van der Waals surface area contributed by atoms with Crippen molar-refractivity contribution >= 4 is 21.7 Å². The van der Waals surface area contributed by atoms with Crippen molar-refractivity contribution in [1.29, 1.82) is 0 Å². The van der Waals surface area contributed by atoms with Gasteiger partial charge in [-0.2, -0.15) is 0 Å². The Morgan fingerprint density at radius 3 is 1.48 bits per heavy atom. The lowest BCUT2D eigenvalue weighted by Gasteiger charge is -2.39. The SMILES string of the molecule is c1ccc(-c2nc(-c3ccccc3)nc(-c3ccc4c(c3)nc(-c3ccccc3)c3c5c(ccc34)C3(c4ccccc4Oc4ccccc43)c3ccccc3-5)n2)cc1. The molecule has 270 valence electrons. The van der Waals surface area contributed by atoms with Crippen molar-refractivity contribution in [2.75, 3.05) is 0 Å². The first-order valence-corrected chi connectivity index (χ1v) is 19.6. The maximum absolute atomic E-state index is 6.62. The van der Waals surface area contributed by atoms with Gasteiger partial charge in [-0.15, -0.1) is 0 Å². The number of benzene rings is 8. The first-order valence-electron chi connectivity index (χ1n) is 19.6. The molecule has 1 spiro atoms. The Morgan fingerprint density at radius 2 is 0.862 bits per heavy atom. The molecule has 1 aliphatic carbocycles. The lowest BCUT2D eigenvalue weighted by Crippen LogP contribution is -2.32. The van der Waals surface area contributed by atoms with Crippen LogP contribution in [0.2, 0.25) is 0 Å². The first-order chi connectivity index (χ1) is 28.8. The lowest BCUT2D eigenvalue weighted by molar-refractivity contribution is 0.436. The van der Waals surface area contributed by atoms with Crippen LogP contribution in [0.15, 0.2) is 194 Å². The Balaban J connectivity index is 1.15. The van der Waals surface area contributed by atoms with Crippen molar-refractivity contribution in [2.24, 2.45) is 0 Å². The van der Waals surface area contributed by atoms with Gasteiger partial charge in [0.05, 0.1) is 16.6 Å². The van der Waals surface area contributed by atoms with Gasteiger partial charge in [-0.3, -0.25) is 0 Å². The third-order valence-electron chi connectivity index (χ3n) is 11.8.